The Morgan fingerprint density at radius 1 is 0.966 bits per heavy atom. The van der Waals surface area contributed by atoms with Gasteiger partial charge in [0.2, 0.25) is 0 Å². The summed E-state index contributed by atoms with van der Waals surface area (Å²) in [5, 5.41) is 11.0. The predicted molar refractivity (Wildman–Crippen MR) is 105 cm³/mol. The molecule has 1 fully saturated rings. The van der Waals surface area contributed by atoms with E-state index in [4.69, 9.17) is 9.47 Å². The molecule has 0 N–H and O–H groups in total. The minimum Gasteiger partial charge on any atom is -0.466 e. The first kappa shape index (κ1) is 20.6. The van der Waals surface area contributed by atoms with E-state index < -0.39 is 22.8 Å². The highest BCUT2D eigenvalue weighted by Gasteiger charge is 2.36. The van der Waals surface area contributed by atoms with Crippen molar-refractivity contribution >= 4 is 17.6 Å². The van der Waals surface area contributed by atoms with Crippen molar-refractivity contribution in [3.8, 4) is 0 Å². The smallest absolute Gasteiger partial charge is 0.336 e. The predicted octanol–water partition coefficient (Wildman–Crippen LogP) is 3.44. The maximum absolute atomic E-state index is 12.6. The van der Waals surface area contributed by atoms with Gasteiger partial charge >= 0.3 is 11.9 Å². The lowest BCUT2D eigenvalue weighted by molar-refractivity contribution is -0.384. The molecule has 0 radical (unpaired) electrons. The van der Waals surface area contributed by atoms with E-state index in [1.807, 2.05) is 4.90 Å². The van der Waals surface area contributed by atoms with Crippen LogP contribution in [0.15, 0.2) is 47.8 Å². The summed E-state index contributed by atoms with van der Waals surface area (Å²) in [7, 11) is 2.58. The van der Waals surface area contributed by atoms with Crippen LogP contribution in [0.2, 0.25) is 0 Å². The molecule has 1 saturated carbocycles. The fourth-order valence-corrected chi connectivity index (χ4v) is 3.99. The van der Waals surface area contributed by atoms with Crippen molar-refractivity contribution in [2.75, 3.05) is 14.2 Å². The molecular weight excluding hydrogens is 376 g/mol. The highest BCUT2D eigenvalue weighted by atomic mass is 16.6. The van der Waals surface area contributed by atoms with E-state index in [1.54, 1.807) is 24.5 Å². The Labute approximate surface area is 168 Å². The quantitative estimate of drug-likeness (QED) is 0.424. The molecule has 0 saturated heterocycles. The number of nitro benzene ring substituents is 1. The lowest BCUT2D eigenvalue weighted by Crippen LogP contribution is -2.35. The molecule has 0 unspecified atom stereocenters. The average Bonchev–Trinajstić information content (AvgIpc) is 2.77. The maximum Gasteiger partial charge on any atom is 0.336 e. The number of ether oxygens (including phenoxy) is 2. The third kappa shape index (κ3) is 4.31. The van der Waals surface area contributed by atoms with Crippen LogP contribution in [-0.4, -0.2) is 42.0 Å². The summed E-state index contributed by atoms with van der Waals surface area (Å²) >= 11 is 0. The second-order valence-corrected chi connectivity index (χ2v) is 7.17. The van der Waals surface area contributed by atoms with Crippen molar-refractivity contribution < 1.29 is 24.0 Å². The lowest BCUT2D eigenvalue weighted by atomic mass is 9.82. The van der Waals surface area contributed by atoms with E-state index in [1.165, 1.54) is 32.8 Å². The SMILES string of the molecule is COC(=O)C1=CN(C2CCCCC2)C=C(C(=O)OC)C1c1ccc([N+](=O)[O-])cc1. The fraction of sp³-hybridized carbons (Fsp3) is 0.429. The Balaban J connectivity index is 2.07. The molecule has 2 aliphatic rings. The van der Waals surface area contributed by atoms with Gasteiger partial charge in [0.05, 0.1) is 36.2 Å². The molecule has 1 heterocycles. The van der Waals surface area contributed by atoms with Crippen LogP contribution in [0.5, 0.6) is 0 Å². The zero-order chi connectivity index (χ0) is 21.0. The number of esters is 2. The highest BCUT2D eigenvalue weighted by molar-refractivity contribution is 5.98. The summed E-state index contributed by atoms with van der Waals surface area (Å²) in [5.41, 5.74) is 1.11. The summed E-state index contributed by atoms with van der Waals surface area (Å²) in [6.45, 7) is 0. The molecule has 1 aliphatic heterocycles. The first-order chi connectivity index (χ1) is 14.0. The van der Waals surface area contributed by atoms with Crippen molar-refractivity contribution in [3.63, 3.8) is 0 Å². The second kappa shape index (κ2) is 8.89. The molecule has 8 heteroatoms. The Kier molecular flexibility index (Phi) is 6.31. The largest absolute Gasteiger partial charge is 0.466 e. The lowest BCUT2D eigenvalue weighted by Gasteiger charge is -2.36. The van der Waals surface area contributed by atoms with E-state index in [0.717, 1.165) is 25.7 Å². The number of hydrogen-bond donors (Lipinski definition) is 0. The van der Waals surface area contributed by atoms with E-state index >= 15 is 0 Å². The van der Waals surface area contributed by atoms with Crippen LogP contribution in [0, 0.1) is 10.1 Å². The van der Waals surface area contributed by atoms with Crippen LogP contribution in [0.25, 0.3) is 0 Å². The number of benzene rings is 1. The fourth-order valence-electron chi connectivity index (χ4n) is 3.99. The average molecular weight is 400 g/mol. The zero-order valence-electron chi connectivity index (χ0n) is 16.5. The van der Waals surface area contributed by atoms with Gasteiger partial charge in [-0.1, -0.05) is 31.4 Å². The van der Waals surface area contributed by atoms with Gasteiger partial charge in [-0.25, -0.2) is 9.59 Å². The van der Waals surface area contributed by atoms with Crippen LogP contribution in [0.1, 0.15) is 43.6 Å². The monoisotopic (exact) mass is 400 g/mol. The Morgan fingerprint density at radius 3 is 1.93 bits per heavy atom. The topological polar surface area (TPSA) is 99.0 Å². The van der Waals surface area contributed by atoms with Crippen LogP contribution in [0.3, 0.4) is 0 Å². The van der Waals surface area contributed by atoms with Crippen molar-refractivity contribution in [2.45, 2.75) is 44.1 Å². The molecular formula is C21H24N2O6. The molecule has 0 aromatic heterocycles. The van der Waals surface area contributed by atoms with Gasteiger partial charge in [0, 0.05) is 30.6 Å². The number of nitrogens with zero attached hydrogens (tertiary/aromatic N) is 2. The minimum atomic E-state index is -0.726. The third-order valence-corrected chi connectivity index (χ3v) is 5.47. The van der Waals surface area contributed by atoms with Crippen LogP contribution in [-0.2, 0) is 19.1 Å². The number of methoxy groups -OCH3 is 2. The van der Waals surface area contributed by atoms with Gasteiger partial charge in [-0.15, -0.1) is 0 Å². The summed E-state index contributed by atoms with van der Waals surface area (Å²) in [4.78, 5) is 37.6. The van der Waals surface area contributed by atoms with Gasteiger partial charge in [0.25, 0.3) is 5.69 Å². The van der Waals surface area contributed by atoms with Gasteiger partial charge in [-0.05, 0) is 18.4 Å². The van der Waals surface area contributed by atoms with Crippen molar-refractivity contribution in [2.24, 2.45) is 0 Å². The summed E-state index contributed by atoms with van der Waals surface area (Å²) in [6, 6.07) is 6.00. The Morgan fingerprint density at radius 2 is 1.48 bits per heavy atom. The molecule has 154 valence electrons. The van der Waals surface area contributed by atoms with E-state index in [9.17, 15) is 19.7 Å². The highest BCUT2D eigenvalue weighted by Crippen LogP contribution is 2.39. The van der Waals surface area contributed by atoms with E-state index in [0.29, 0.717) is 16.7 Å². The number of nitro groups is 1. The number of rotatable bonds is 5. The zero-order valence-corrected chi connectivity index (χ0v) is 16.5. The molecule has 0 bridgehead atoms. The summed E-state index contributed by atoms with van der Waals surface area (Å²) in [5.74, 6) is -1.83. The molecule has 0 atom stereocenters. The number of hydrogen-bond acceptors (Lipinski definition) is 7. The van der Waals surface area contributed by atoms with Crippen LogP contribution < -0.4 is 0 Å². The standard InChI is InChI=1S/C21H24N2O6/c1-28-20(24)17-12-22(15-6-4-3-5-7-15)13-18(21(25)29-2)19(17)14-8-10-16(11-9-14)23(26)27/h8-13,15,19H,3-7H2,1-2H3. The number of carbonyl (C=O) groups excluding carboxylic acids is 2. The van der Waals surface area contributed by atoms with Crippen molar-refractivity contribution in [3.05, 3.63) is 63.5 Å². The molecule has 1 aliphatic carbocycles. The molecule has 0 amide bonds. The number of non-ortho nitro benzene ring substituents is 1. The van der Waals surface area contributed by atoms with Gasteiger partial charge in [-0.3, -0.25) is 10.1 Å². The van der Waals surface area contributed by atoms with Crippen molar-refractivity contribution in [1.82, 2.24) is 4.90 Å². The molecule has 1 aromatic rings. The number of carbonyl (C=O) groups is 2. The van der Waals surface area contributed by atoms with Crippen LogP contribution >= 0.6 is 0 Å². The first-order valence-electron chi connectivity index (χ1n) is 9.58. The second-order valence-electron chi connectivity index (χ2n) is 7.17. The molecule has 0 spiro atoms. The third-order valence-electron chi connectivity index (χ3n) is 5.47. The molecule has 1 aromatic carbocycles. The maximum atomic E-state index is 12.6. The van der Waals surface area contributed by atoms with Gasteiger partial charge in [0.1, 0.15) is 0 Å². The molecule has 8 nitrogen and oxygen atoms in total. The molecule has 29 heavy (non-hydrogen) atoms. The first-order valence-corrected chi connectivity index (χ1v) is 9.58. The minimum absolute atomic E-state index is 0.0689. The van der Waals surface area contributed by atoms with E-state index in [-0.39, 0.29) is 11.7 Å². The summed E-state index contributed by atoms with van der Waals surface area (Å²) in [6.07, 6.45) is 8.78. The normalized spacial score (nSPS) is 17.9. The Bertz CT molecular complexity index is 818. The van der Waals surface area contributed by atoms with Gasteiger partial charge < -0.3 is 14.4 Å². The van der Waals surface area contributed by atoms with Crippen LogP contribution in [0.4, 0.5) is 5.69 Å². The molecule has 3 rings (SSSR count). The van der Waals surface area contributed by atoms with Gasteiger partial charge in [0.15, 0.2) is 0 Å². The van der Waals surface area contributed by atoms with Gasteiger partial charge in [-0.2, -0.15) is 0 Å². The van der Waals surface area contributed by atoms with Crippen molar-refractivity contribution in [1.29, 1.82) is 0 Å². The summed E-state index contributed by atoms with van der Waals surface area (Å²) < 4.78 is 9.96. The Hall–Kier alpha value is -3.16. The van der Waals surface area contributed by atoms with E-state index in [2.05, 4.69) is 0 Å².